The molecule has 0 atom stereocenters. The number of halogens is 2. The number of carbonyl (C=O) groups excluding carboxylic acids is 1. The number of hydrogen-bond donors (Lipinski definition) is 1. The van der Waals surface area contributed by atoms with Gasteiger partial charge in [-0.2, -0.15) is 5.32 Å². The summed E-state index contributed by atoms with van der Waals surface area (Å²) in [5.41, 5.74) is 2.46. The van der Waals surface area contributed by atoms with Crippen LogP contribution in [0.25, 0.3) is 5.69 Å². The van der Waals surface area contributed by atoms with Crippen LogP contribution in [0.15, 0.2) is 47.5 Å². The van der Waals surface area contributed by atoms with Gasteiger partial charge in [0.1, 0.15) is 29.4 Å². The number of ether oxygens (including phenoxy) is 1. The second kappa shape index (κ2) is 9.32. The number of aliphatic hydroxyl groups is 1. The lowest BCUT2D eigenvalue weighted by Gasteiger charge is -2.15. The molecular formula is C23H21Cl2N4O3. The summed E-state index contributed by atoms with van der Waals surface area (Å²) in [5, 5.41) is 18.5. The highest BCUT2D eigenvalue weighted by Gasteiger charge is 2.32. The zero-order chi connectivity index (χ0) is 22.8. The smallest absolute Gasteiger partial charge is 0.284 e. The number of nitrogens with zero attached hydrogens (tertiary/aromatic N) is 4. The SMILES string of the molecule is CC(C)c1c2c(nn1-c1c(Cl)cccc1Cl)N=C(Cc1ccc(OCCO)cc1)[N]C2=O. The largest absolute Gasteiger partial charge is 0.491 e. The van der Waals surface area contributed by atoms with Gasteiger partial charge in [0, 0.05) is 6.42 Å². The van der Waals surface area contributed by atoms with E-state index < -0.39 is 0 Å². The summed E-state index contributed by atoms with van der Waals surface area (Å²) in [7, 11) is 0. The zero-order valence-corrected chi connectivity index (χ0v) is 19.1. The maximum atomic E-state index is 13.0. The van der Waals surface area contributed by atoms with E-state index in [1.807, 2.05) is 26.0 Å². The number of carbonyl (C=O) groups is 1. The second-order valence-corrected chi connectivity index (χ2v) is 8.37. The van der Waals surface area contributed by atoms with Crippen LogP contribution >= 0.6 is 23.2 Å². The van der Waals surface area contributed by atoms with Crippen LogP contribution in [0, 0.1) is 0 Å². The number of aliphatic hydroxyl groups excluding tert-OH is 1. The third kappa shape index (κ3) is 4.37. The summed E-state index contributed by atoms with van der Waals surface area (Å²) in [6, 6.07) is 12.5. The molecule has 0 saturated heterocycles. The van der Waals surface area contributed by atoms with E-state index in [4.69, 9.17) is 33.0 Å². The zero-order valence-electron chi connectivity index (χ0n) is 17.5. The number of rotatable bonds is 7. The molecule has 1 aliphatic heterocycles. The summed E-state index contributed by atoms with van der Waals surface area (Å²) in [6.45, 7) is 4.11. The first-order chi connectivity index (χ1) is 15.4. The highest BCUT2D eigenvalue weighted by molar-refractivity contribution is 6.37. The van der Waals surface area contributed by atoms with Gasteiger partial charge < -0.3 is 9.84 Å². The van der Waals surface area contributed by atoms with Crippen LogP contribution in [0.4, 0.5) is 5.82 Å². The fourth-order valence-corrected chi connectivity index (χ4v) is 4.10. The van der Waals surface area contributed by atoms with Gasteiger partial charge in [0.05, 0.1) is 22.3 Å². The van der Waals surface area contributed by atoms with Gasteiger partial charge in [-0.05, 0) is 35.7 Å². The molecule has 0 unspecified atom stereocenters. The molecule has 2 heterocycles. The van der Waals surface area contributed by atoms with E-state index in [0.29, 0.717) is 50.8 Å². The maximum absolute atomic E-state index is 13.0. The number of para-hydroxylation sites is 1. The lowest BCUT2D eigenvalue weighted by molar-refractivity contribution is 0.0970. The average Bonchev–Trinajstić information content (AvgIpc) is 3.13. The Morgan fingerprint density at radius 2 is 1.78 bits per heavy atom. The van der Waals surface area contributed by atoms with Gasteiger partial charge in [-0.25, -0.2) is 9.67 Å². The highest BCUT2D eigenvalue weighted by atomic mass is 35.5. The second-order valence-electron chi connectivity index (χ2n) is 7.56. The predicted molar refractivity (Wildman–Crippen MR) is 124 cm³/mol. The quantitative estimate of drug-likeness (QED) is 0.540. The Balaban J connectivity index is 1.70. The molecule has 2 aromatic carbocycles. The molecule has 0 fully saturated rings. The molecule has 4 rings (SSSR count). The minimum Gasteiger partial charge on any atom is -0.491 e. The van der Waals surface area contributed by atoms with Crippen molar-refractivity contribution in [2.24, 2.45) is 4.99 Å². The van der Waals surface area contributed by atoms with Crippen molar-refractivity contribution in [3.63, 3.8) is 0 Å². The van der Waals surface area contributed by atoms with Crippen LogP contribution in [0.1, 0.15) is 41.4 Å². The summed E-state index contributed by atoms with van der Waals surface area (Å²) >= 11 is 12.8. The van der Waals surface area contributed by atoms with Crippen LogP contribution in [0.2, 0.25) is 10.0 Å². The summed E-state index contributed by atoms with van der Waals surface area (Å²) in [4.78, 5) is 17.5. The Kier molecular flexibility index (Phi) is 6.50. The normalized spacial score (nSPS) is 13.1. The molecule has 0 saturated carbocycles. The third-order valence-electron chi connectivity index (χ3n) is 4.92. The molecular weight excluding hydrogens is 451 g/mol. The van der Waals surface area contributed by atoms with Gasteiger partial charge in [-0.15, -0.1) is 5.10 Å². The van der Waals surface area contributed by atoms with Crippen LogP contribution in [0.5, 0.6) is 5.75 Å². The fourth-order valence-electron chi connectivity index (χ4n) is 3.55. The molecule has 1 radical (unpaired) electrons. The van der Waals surface area contributed by atoms with Crippen molar-refractivity contribution in [3.8, 4) is 11.4 Å². The predicted octanol–water partition coefficient (Wildman–Crippen LogP) is 4.70. The van der Waals surface area contributed by atoms with Crippen molar-refractivity contribution in [1.29, 1.82) is 0 Å². The topological polar surface area (TPSA) is 90.8 Å². The van der Waals surface area contributed by atoms with Crippen molar-refractivity contribution in [2.75, 3.05) is 13.2 Å². The molecule has 1 N–H and O–H groups in total. The number of amides is 1. The first kappa shape index (κ1) is 22.3. The molecule has 1 aliphatic rings. The lowest BCUT2D eigenvalue weighted by atomic mass is 10.0. The average molecular weight is 472 g/mol. The van der Waals surface area contributed by atoms with Crippen molar-refractivity contribution in [3.05, 3.63) is 69.3 Å². The molecule has 165 valence electrons. The number of aliphatic imine (C=N–C) groups is 1. The number of fused-ring (bicyclic) bond motifs is 1. The van der Waals surface area contributed by atoms with Crippen LogP contribution in [0.3, 0.4) is 0 Å². The summed E-state index contributed by atoms with van der Waals surface area (Å²) < 4.78 is 6.98. The van der Waals surface area contributed by atoms with Crippen molar-refractivity contribution < 1.29 is 14.6 Å². The van der Waals surface area contributed by atoms with E-state index in [2.05, 4.69) is 15.4 Å². The number of hydrogen-bond acceptors (Lipinski definition) is 5. The Bertz CT molecular complexity index is 1170. The maximum Gasteiger partial charge on any atom is 0.284 e. The number of aromatic nitrogens is 2. The van der Waals surface area contributed by atoms with E-state index in [1.165, 1.54) is 0 Å². The summed E-state index contributed by atoms with van der Waals surface area (Å²) in [6.07, 6.45) is 0.363. The minimum atomic E-state index is -0.383. The van der Waals surface area contributed by atoms with Gasteiger partial charge >= 0.3 is 0 Å². The van der Waals surface area contributed by atoms with Crippen molar-refractivity contribution in [2.45, 2.75) is 26.2 Å². The van der Waals surface area contributed by atoms with Crippen molar-refractivity contribution in [1.82, 2.24) is 15.1 Å². The Morgan fingerprint density at radius 1 is 1.09 bits per heavy atom. The molecule has 0 spiro atoms. The lowest BCUT2D eigenvalue weighted by Crippen LogP contribution is -2.28. The molecule has 32 heavy (non-hydrogen) atoms. The number of benzene rings is 2. The highest BCUT2D eigenvalue weighted by Crippen LogP contribution is 2.37. The Hall–Kier alpha value is -2.87. The van der Waals surface area contributed by atoms with Gasteiger partial charge in [0.25, 0.3) is 5.91 Å². The minimum absolute atomic E-state index is 0.0408. The third-order valence-corrected chi connectivity index (χ3v) is 5.53. The van der Waals surface area contributed by atoms with E-state index in [-0.39, 0.29) is 25.0 Å². The first-order valence-corrected chi connectivity index (χ1v) is 10.9. The molecule has 7 nitrogen and oxygen atoms in total. The van der Waals surface area contributed by atoms with Gasteiger partial charge in [-0.1, -0.05) is 55.2 Å². The molecule has 1 amide bonds. The van der Waals surface area contributed by atoms with Gasteiger partial charge in [0.15, 0.2) is 5.82 Å². The first-order valence-electron chi connectivity index (χ1n) is 10.1. The van der Waals surface area contributed by atoms with Crippen LogP contribution in [-0.2, 0) is 6.42 Å². The van der Waals surface area contributed by atoms with E-state index in [1.54, 1.807) is 35.0 Å². The van der Waals surface area contributed by atoms with Crippen LogP contribution in [-0.4, -0.2) is 39.8 Å². The summed E-state index contributed by atoms with van der Waals surface area (Å²) in [5.74, 6) is 0.909. The standard InChI is InChI=1S/C23H21Cl2N4O3/c1-13(2)20-19-22(28-29(20)21-16(24)4-3-5-17(21)25)26-18(27-23(19)31)12-14-6-8-15(9-7-14)32-11-10-30/h3-9,13,30H,10-12H2,1-2H3. The molecule has 0 aliphatic carbocycles. The molecule has 9 heteroatoms. The molecule has 3 aromatic rings. The molecule has 1 aromatic heterocycles. The Morgan fingerprint density at radius 3 is 2.41 bits per heavy atom. The van der Waals surface area contributed by atoms with Gasteiger partial charge in [-0.3, -0.25) is 4.79 Å². The number of amidine groups is 1. The monoisotopic (exact) mass is 471 g/mol. The Labute approximate surface area is 195 Å². The molecule has 0 bridgehead atoms. The van der Waals surface area contributed by atoms with Gasteiger partial charge in [0.2, 0.25) is 0 Å². The fraction of sp³-hybridized carbons (Fsp3) is 0.261. The van der Waals surface area contributed by atoms with Crippen LogP contribution < -0.4 is 10.1 Å². The van der Waals surface area contributed by atoms with Crippen molar-refractivity contribution >= 4 is 40.8 Å². The van der Waals surface area contributed by atoms with E-state index in [9.17, 15) is 4.79 Å². The van der Waals surface area contributed by atoms with E-state index >= 15 is 0 Å². The van der Waals surface area contributed by atoms with E-state index in [0.717, 1.165) is 5.56 Å².